The molecule has 0 spiro atoms. The fourth-order valence-corrected chi connectivity index (χ4v) is 2.85. The van der Waals surface area contributed by atoms with Crippen LogP contribution in [0.3, 0.4) is 0 Å². The number of alkyl halides is 3. The predicted molar refractivity (Wildman–Crippen MR) is 81.2 cm³/mol. The van der Waals surface area contributed by atoms with Gasteiger partial charge in [0.05, 0.1) is 5.56 Å². The van der Waals surface area contributed by atoms with Crippen molar-refractivity contribution in [3.8, 4) is 11.6 Å². The molecule has 0 aliphatic heterocycles. The molecule has 0 aliphatic carbocycles. The number of thioether (sulfide) groups is 1. The molecule has 0 atom stereocenters. The normalized spacial score (nSPS) is 12.0. The van der Waals surface area contributed by atoms with Gasteiger partial charge in [-0.1, -0.05) is 6.92 Å². The number of oxazole rings is 1. The number of aromatic nitrogens is 3. The SMILES string of the molecule is CCSc1cc(C(F)(F)F)cnc1-c1nc2cc(C)cnc2o1. The Bertz CT molecular complexity index is 861. The summed E-state index contributed by atoms with van der Waals surface area (Å²) in [5, 5.41) is 0. The monoisotopic (exact) mass is 339 g/mol. The van der Waals surface area contributed by atoms with Crippen LogP contribution in [0.5, 0.6) is 0 Å². The zero-order chi connectivity index (χ0) is 16.6. The molecule has 0 saturated heterocycles. The van der Waals surface area contributed by atoms with E-state index in [1.807, 2.05) is 13.8 Å². The van der Waals surface area contributed by atoms with Crippen LogP contribution < -0.4 is 0 Å². The molecule has 4 nitrogen and oxygen atoms in total. The van der Waals surface area contributed by atoms with Crippen LogP contribution in [0.2, 0.25) is 0 Å². The molecule has 3 aromatic heterocycles. The van der Waals surface area contributed by atoms with Crippen LogP contribution in [0.4, 0.5) is 13.2 Å². The quantitative estimate of drug-likeness (QED) is 0.646. The van der Waals surface area contributed by atoms with Crippen molar-refractivity contribution in [1.29, 1.82) is 0 Å². The van der Waals surface area contributed by atoms with E-state index in [-0.39, 0.29) is 5.89 Å². The van der Waals surface area contributed by atoms with Crippen LogP contribution in [0.1, 0.15) is 18.1 Å². The molecule has 3 heterocycles. The zero-order valence-electron chi connectivity index (χ0n) is 12.3. The summed E-state index contributed by atoms with van der Waals surface area (Å²) in [5.41, 5.74) is 1.30. The average molecular weight is 339 g/mol. The molecule has 0 N–H and O–H groups in total. The highest BCUT2D eigenvalue weighted by atomic mass is 32.2. The smallest absolute Gasteiger partial charge is 0.416 e. The maximum Gasteiger partial charge on any atom is 0.417 e. The lowest BCUT2D eigenvalue weighted by molar-refractivity contribution is -0.138. The van der Waals surface area contributed by atoms with Gasteiger partial charge in [0.25, 0.3) is 0 Å². The molecule has 0 bridgehead atoms. The Morgan fingerprint density at radius 2 is 1.96 bits per heavy atom. The molecule has 0 aromatic carbocycles. The number of fused-ring (bicyclic) bond motifs is 1. The Kier molecular flexibility index (Phi) is 4.01. The lowest BCUT2D eigenvalue weighted by Crippen LogP contribution is -2.06. The number of pyridine rings is 2. The van der Waals surface area contributed by atoms with Crippen molar-refractivity contribution in [2.75, 3.05) is 5.75 Å². The van der Waals surface area contributed by atoms with E-state index < -0.39 is 11.7 Å². The molecular formula is C15H12F3N3OS. The Labute approximate surface area is 134 Å². The van der Waals surface area contributed by atoms with E-state index in [1.165, 1.54) is 11.8 Å². The molecule has 0 unspecified atom stereocenters. The highest BCUT2D eigenvalue weighted by molar-refractivity contribution is 7.99. The van der Waals surface area contributed by atoms with Crippen LogP contribution in [-0.2, 0) is 6.18 Å². The van der Waals surface area contributed by atoms with Gasteiger partial charge in [0.2, 0.25) is 11.6 Å². The van der Waals surface area contributed by atoms with Crippen LogP contribution >= 0.6 is 11.8 Å². The van der Waals surface area contributed by atoms with Crippen LogP contribution in [0.25, 0.3) is 22.8 Å². The van der Waals surface area contributed by atoms with Gasteiger partial charge in [0.1, 0.15) is 11.2 Å². The summed E-state index contributed by atoms with van der Waals surface area (Å²) in [7, 11) is 0. The summed E-state index contributed by atoms with van der Waals surface area (Å²) in [6.07, 6.45) is -2.00. The Morgan fingerprint density at radius 1 is 1.17 bits per heavy atom. The molecule has 0 aliphatic rings. The van der Waals surface area contributed by atoms with Gasteiger partial charge in [-0.3, -0.25) is 0 Å². The second-order valence-electron chi connectivity index (χ2n) is 4.86. The number of halogens is 3. The minimum Gasteiger partial charge on any atom is -0.416 e. The minimum absolute atomic E-state index is 0.169. The minimum atomic E-state index is -4.44. The van der Waals surface area contributed by atoms with Crippen molar-refractivity contribution >= 4 is 23.0 Å². The van der Waals surface area contributed by atoms with Crippen molar-refractivity contribution in [3.63, 3.8) is 0 Å². The third-order valence-electron chi connectivity index (χ3n) is 3.07. The Morgan fingerprint density at radius 3 is 2.65 bits per heavy atom. The molecule has 0 amide bonds. The zero-order valence-corrected chi connectivity index (χ0v) is 13.1. The molecular weight excluding hydrogens is 327 g/mol. The third-order valence-corrected chi connectivity index (χ3v) is 3.98. The van der Waals surface area contributed by atoms with Crippen LogP contribution in [0, 0.1) is 6.92 Å². The lowest BCUT2D eigenvalue weighted by Gasteiger charge is -2.10. The Hall–Kier alpha value is -2.09. The summed E-state index contributed by atoms with van der Waals surface area (Å²) < 4.78 is 44.1. The highest BCUT2D eigenvalue weighted by Crippen LogP contribution is 2.36. The summed E-state index contributed by atoms with van der Waals surface area (Å²) in [5.74, 6) is 0.774. The van der Waals surface area contributed by atoms with Crippen LogP contribution in [0.15, 0.2) is 33.8 Å². The summed E-state index contributed by atoms with van der Waals surface area (Å²) in [6.45, 7) is 3.72. The van der Waals surface area contributed by atoms with E-state index in [0.29, 0.717) is 27.6 Å². The van der Waals surface area contributed by atoms with Gasteiger partial charge in [0, 0.05) is 17.3 Å². The van der Waals surface area contributed by atoms with Gasteiger partial charge >= 0.3 is 6.18 Å². The molecule has 23 heavy (non-hydrogen) atoms. The van der Waals surface area contributed by atoms with Gasteiger partial charge < -0.3 is 4.42 Å². The first kappa shape index (κ1) is 15.8. The van der Waals surface area contributed by atoms with E-state index >= 15 is 0 Å². The van der Waals surface area contributed by atoms with E-state index in [2.05, 4.69) is 15.0 Å². The maximum absolute atomic E-state index is 12.9. The standard InChI is InChI=1S/C15H12F3N3OS/c1-3-23-11-5-9(15(16,17)18)7-19-12(11)14-21-10-4-8(2)6-20-13(10)22-14/h4-7H,3H2,1-2H3. The van der Waals surface area contributed by atoms with Gasteiger partial charge in [-0.05, 0) is 30.4 Å². The first-order chi connectivity index (χ1) is 10.9. The van der Waals surface area contributed by atoms with E-state index in [4.69, 9.17) is 4.42 Å². The first-order valence-corrected chi connectivity index (χ1v) is 7.80. The topological polar surface area (TPSA) is 51.8 Å². The second-order valence-corrected chi connectivity index (χ2v) is 6.16. The van der Waals surface area contributed by atoms with Crippen molar-refractivity contribution in [1.82, 2.24) is 15.0 Å². The first-order valence-electron chi connectivity index (χ1n) is 6.82. The van der Waals surface area contributed by atoms with Gasteiger partial charge in [-0.15, -0.1) is 11.8 Å². The van der Waals surface area contributed by atoms with Gasteiger partial charge in [-0.2, -0.15) is 13.2 Å². The fraction of sp³-hybridized carbons (Fsp3) is 0.267. The molecule has 8 heteroatoms. The number of nitrogens with zero attached hydrogens (tertiary/aromatic N) is 3. The van der Waals surface area contributed by atoms with Crippen molar-refractivity contribution in [2.24, 2.45) is 0 Å². The number of hydrogen-bond acceptors (Lipinski definition) is 5. The number of aryl methyl sites for hydroxylation is 1. The molecule has 120 valence electrons. The molecule has 0 fully saturated rings. The number of rotatable bonds is 3. The van der Waals surface area contributed by atoms with Gasteiger partial charge in [0.15, 0.2) is 0 Å². The second kappa shape index (κ2) is 5.84. The van der Waals surface area contributed by atoms with E-state index in [1.54, 1.807) is 12.3 Å². The molecule has 0 radical (unpaired) electrons. The Balaban J connectivity index is 2.12. The fourth-order valence-electron chi connectivity index (χ4n) is 2.05. The summed E-state index contributed by atoms with van der Waals surface area (Å²) in [4.78, 5) is 12.7. The summed E-state index contributed by atoms with van der Waals surface area (Å²) >= 11 is 1.26. The van der Waals surface area contributed by atoms with E-state index in [0.717, 1.165) is 17.8 Å². The lowest BCUT2D eigenvalue weighted by atomic mass is 10.2. The highest BCUT2D eigenvalue weighted by Gasteiger charge is 2.32. The van der Waals surface area contributed by atoms with Crippen molar-refractivity contribution < 1.29 is 17.6 Å². The largest absolute Gasteiger partial charge is 0.417 e. The van der Waals surface area contributed by atoms with Gasteiger partial charge in [-0.25, -0.2) is 15.0 Å². The summed E-state index contributed by atoms with van der Waals surface area (Å²) in [6, 6.07) is 2.87. The molecule has 3 aromatic rings. The molecule has 0 saturated carbocycles. The predicted octanol–water partition coefficient (Wildman–Crippen LogP) is 4.72. The maximum atomic E-state index is 12.9. The number of hydrogen-bond donors (Lipinski definition) is 0. The average Bonchev–Trinajstić information content (AvgIpc) is 2.89. The van der Waals surface area contributed by atoms with E-state index in [9.17, 15) is 13.2 Å². The van der Waals surface area contributed by atoms with Crippen molar-refractivity contribution in [2.45, 2.75) is 24.9 Å². The van der Waals surface area contributed by atoms with Crippen molar-refractivity contribution in [3.05, 3.63) is 35.7 Å². The third kappa shape index (κ3) is 3.17. The van der Waals surface area contributed by atoms with Crippen LogP contribution in [-0.4, -0.2) is 20.7 Å². The molecule has 3 rings (SSSR count).